The van der Waals surface area contributed by atoms with Crippen molar-refractivity contribution in [3.05, 3.63) is 42.5 Å². The smallest absolute Gasteiger partial charge is 0.320 e. The van der Waals surface area contributed by atoms with Gasteiger partial charge >= 0.3 is 5.97 Å². The fraction of sp³-hybridized carbons (Fsp3) is 0.375. The summed E-state index contributed by atoms with van der Waals surface area (Å²) in [7, 11) is 0. The van der Waals surface area contributed by atoms with Crippen LogP contribution in [0.2, 0.25) is 0 Å². The van der Waals surface area contributed by atoms with E-state index in [0.29, 0.717) is 13.2 Å². The molecule has 1 N–H and O–H groups in total. The number of benzene rings is 1. The number of carbonyl (C=O) groups excluding carboxylic acids is 2. The lowest BCUT2D eigenvalue weighted by molar-refractivity contribution is -0.144. The van der Waals surface area contributed by atoms with Gasteiger partial charge < -0.3 is 10.1 Å². The van der Waals surface area contributed by atoms with E-state index in [1.54, 1.807) is 17.9 Å². The number of ether oxygens (including phenoxy) is 1. The van der Waals surface area contributed by atoms with Crippen molar-refractivity contribution >= 4 is 17.6 Å². The highest BCUT2D eigenvalue weighted by atomic mass is 16.5. The van der Waals surface area contributed by atoms with Crippen molar-refractivity contribution in [2.24, 2.45) is 0 Å². The second-order valence-corrected chi connectivity index (χ2v) is 4.63. The van der Waals surface area contributed by atoms with Crippen LogP contribution in [0.5, 0.6) is 0 Å². The molecule has 21 heavy (non-hydrogen) atoms. The second kappa shape index (κ2) is 8.92. The molecule has 5 nitrogen and oxygen atoms in total. The monoisotopic (exact) mass is 290 g/mol. The van der Waals surface area contributed by atoms with E-state index >= 15 is 0 Å². The van der Waals surface area contributed by atoms with Crippen LogP contribution in [0.15, 0.2) is 36.9 Å². The highest BCUT2D eigenvalue weighted by Gasteiger charge is 2.14. The molecule has 0 saturated carbocycles. The van der Waals surface area contributed by atoms with Gasteiger partial charge in [0.2, 0.25) is 5.91 Å². The lowest BCUT2D eigenvalue weighted by atomic mass is 10.2. The minimum absolute atomic E-state index is 0.0705. The van der Waals surface area contributed by atoms with Crippen molar-refractivity contribution in [1.82, 2.24) is 4.90 Å². The number of hydrogen-bond acceptors (Lipinski definition) is 4. The summed E-state index contributed by atoms with van der Waals surface area (Å²) in [5, 5.41) is 2.84. The van der Waals surface area contributed by atoms with Gasteiger partial charge in [0.15, 0.2) is 0 Å². The van der Waals surface area contributed by atoms with E-state index < -0.39 is 0 Å². The average Bonchev–Trinajstić information content (AvgIpc) is 2.41. The van der Waals surface area contributed by atoms with Crippen LogP contribution in [0.1, 0.15) is 12.5 Å². The molecule has 0 aliphatic heterocycles. The number of para-hydroxylation sites is 1. The minimum atomic E-state index is -0.344. The Balaban J connectivity index is 2.58. The van der Waals surface area contributed by atoms with Crippen molar-refractivity contribution in [2.75, 3.05) is 31.6 Å². The standard InChI is InChI=1S/C16H22N2O3/c1-4-10-18(12-16(20)21-5-2)11-15(19)17-14-9-7-6-8-13(14)3/h4,6-9H,1,5,10-12H2,2-3H3,(H,17,19). The molecule has 0 aliphatic rings. The average molecular weight is 290 g/mol. The van der Waals surface area contributed by atoms with Crippen LogP contribution >= 0.6 is 0 Å². The predicted molar refractivity (Wildman–Crippen MR) is 83.1 cm³/mol. The molecular weight excluding hydrogens is 268 g/mol. The van der Waals surface area contributed by atoms with E-state index in [-0.39, 0.29) is 25.0 Å². The maximum Gasteiger partial charge on any atom is 0.320 e. The predicted octanol–water partition coefficient (Wildman–Crippen LogP) is 1.98. The third kappa shape index (κ3) is 6.23. The third-order valence-corrected chi connectivity index (χ3v) is 2.83. The van der Waals surface area contributed by atoms with Gasteiger partial charge in [-0.15, -0.1) is 6.58 Å². The molecule has 5 heteroatoms. The van der Waals surface area contributed by atoms with Crippen LogP contribution in [0.3, 0.4) is 0 Å². The number of amides is 1. The maximum atomic E-state index is 12.1. The Morgan fingerprint density at radius 3 is 2.67 bits per heavy atom. The summed E-state index contributed by atoms with van der Waals surface area (Å²) in [6.07, 6.45) is 1.65. The number of esters is 1. The van der Waals surface area contributed by atoms with Gasteiger partial charge in [-0.2, -0.15) is 0 Å². The van der Waals surface area contributed by atoms with Gasteiger partial charge in [-0.1, -0.05) is 24.3 Å². The third-order valence-electron chi connectivity index (χ3n) is 2.83. The highest BCUT2D eigenvalue weighted by molar-refractivity contribution is 5.93. The van der Waals surface area contributed by atoms with Crippen molar-refractivity contribution in [3.8, 4) is 0 Å². The van der Waals surface area contributed by atoms with E-state index in [9.17, 15) is 9.59 Å². The van der Waals surface area contributed by atoms with Crippen molar-refractivity contribution < 1.29 is 14.3 Å². The summed E-state index contributed by atoms with van der Waals surface area (Å²) in [4.78, 5) is 25.2. The molecule has 0 heterocycles. The largest absolute Gasteiger partial charge is 0.465 e. The lowest BCUT2D eigenvalue weighted by Crippen LogP contribution is -2.37. The highest BCUT2D eigenvalue weighted by Crippen LogP contribution is 2.12. The van der Waals surface area contributed by atoms with E-state index in [4.69, 9.17) is 4.74 Å². The zero-order valence-corrected chi connectivity index (χ0v) is 12.6. The first-order valence-electron chi connectivity index (χ1n) is 6.91. The van der Waals surface area contributed by atoms with Gasteiger partial charge in [0.1, 0.15) is 0 Å². The van der Waals surface area contributed by atoms with Gasteiger partial charge in [-0.05, 0) is 25.5 Å². The Labute approximate surface area is 125 Å². The zero-order valence-electron chi connectivity index (χ0n) is 12.6. The molecule has 0 saturated heterocycles. The molecular formula is C16H22N2O3. The van der Waals surface area contributed by atoms with Crippen molar-refractivity contribution in [3.63, 3.8) is 0 Å². The van der Waals surface area contributed by atoms with Crippen LogP contribution in [-0.4, -0.2) is 43.0 Å². The molecule has 0 radical (unpaired) electrons. The Morgan fingerprint density at radius 2 is 2.05 bits per heavy atom. The number of nitrogens with zero attached hydrogens (tertiary/aromatic N) is 1. The number of hydrogen-bond donors (Lipinski definition) is 1. The van der Waals surface area contributed by atoms with Crippen molar-refractivity contribution in [2.45, 2.75) is 13.8 Å². The first kappa shape index (κ1) is 16.9. The van der Waals surface area contributed by atoms with E-state index in [2.05, 4.69) is 11.9 Å². The topological polar surface area (TPSA) is 58.6 Å². The van der Waals surface area contributed by atoms with Crippen LogP contribution in [0.25, 0.3) is 0 Å². The maximum absolute atomic E-state index is 12.1. The lowest BCUT2D eigenvalue weighted by Gasteiger charge is -2.19. The van der Waals surface area contributed by atoms with Crippen molar-refractivity contribution in [1.29, 1.82) is 0 Å². The molecule has 0 bridgehead atoms. The number of rotatable bonds is 8. The fourth-order valence-corrected chi connectivity index (χ4v) is 1.86. The van der Waals surface area contributed by atoms with Crippen LogP contribution in [0.4, 0.5) is 5.69 Å². The van der Waals surface area contributed by atoms with E-state index in [0.717, 1.165) is 11.3 Å². The first-order chi connectivity index (χ1) is 10.1. The Morgan fingerprint density at radius 1 is 1.33 bits per heavy atom. The Bertz CT molecular complexity index is 500. The molecule has 0 aliphatic carbocycles. The molecule has 0 unspecified atom stereocenters. The summed E-state index contributed by atoms with van der Waals surface area (Å²) >= 11 is 0. The molecule has 0 spiro atoms. The summed E-state index contributed by atoms with van der Waals surface area (Å²) in [6, 6.07) is 7.55. The summed E-state index contributed by atoms with van der Waals surface area (Å²) in [6.45, 7) is 8.27. The van der Waals surface area contributed by atoms with Gasteiger partial charge in [-0.25, -0.2) is 0 Å². The van der Waals surface area contributed by atoms with Crippen LogP contribution in [-0.2, 0) is 14.3 Å². The number of nitrogens with one attached hydrogen (secondary N) is 1. The van der Waals surface area contributed by atoms with E-state index in [1.807, 2.05) is 31.2 Å². The fourth-order valence-electron chi connectivity index (χ4n) is 1.86. The van der Waals surface area contributed by atoms with E-state index in [1.165, 1.54) is 0 Å². The molecule has 114 valence electrons. The molecule has 0 aromatic heterocycles. The summed E-state index contributed by atoms with van der Waals surface area (Å²) < 4.78 is 4.89. The molecule has 1 rings (SSSR count). The second-order valence-electron chi connectivity index (χ2n) is 4.63. The first-order valence-corrected chi connectivity index (χ1v) is 6.91. The molecule has 1 aromatic carbocycles. The zero-order chi connectivity index (χ0) is 15.7. The molecule has 0 atom stereocenters. The minimum Gasteiger partial charge on any atom is -0.465 e. The number of anilines is 1. The van der Waals surface area contributed by atoms with Crippen LogP contribution < -0.4 is 5.32 Å². The normalized spacial score (nSPS) is 10.2. The quantitative estimate of drug-likeness (QED) is 0.587. The Kier molecular flexibility index (Phi) is 7.18. The van der Waals surface area contributed by atoms with Gasteiger partial charge in [0, 0.05) is 12.2 Å². The number of carbonyl (C=O) groups is 2. The van der Waals surface area contributed by atoms with Gasteiger partial charge in [0.05, 0.1) is 19.7 Å². The molecule has 1 aromatic rings. The summed E-state index contributed by atoms with van der Waals surface area (Å²) in [5.41, 5.74) is 1.77. The SMILES string of the molecule is C=CCN(CC(=O)Nc1ccccc1C)CC(=O)OCC. The van der Waals surface area contributed by atoms with Crippen LogP contribution in [0, 0.1) is 6.92 Å². The Hall–Kier alpha value is -2.14. The number of aryl methyl sites for hydroxylation is 1. The van der Waals surface area contributed by atoms with Gasteiger partial charge in [-0.3, -0.25) is 14.5 Å². The molecule has 1 amide bonds. The molecule has 0 fully saturated rings. The summed E-state index contributed by atoms with van der Waals surface area (Å²) in [5.74, 6) is -0.515. The van der Waals surface area contributed by atoms with Gasteiger partial charge in [0.25, 0.3) is 0 Å².